The largest absolute Gasteiger partial charge is 0.382 e. The molecule has 0 saturated heterocycles. The first-order valence-electron chi connectivity index (χ1n) is 7.81. The van der Waals surface area contributed by atoms with E-state index in [1.54, 1.807) is 0 Å². The van der Waals surface area contributed by atoms with E-state index in [9.17, 15) is 9.90 Å². The van der Waals surface area contributed by atoms with Gasteiger partial charge in [-0.1, -0.05) is 54.1 Å². The minimum absolute atomic E-state index is 0.497. The van der Waals surface area contributed by atoms with Crippen LogP contribution in [0.25, 0.3) is 0 Å². The van der Waals surface area contributed by atoms with E-state index >= 15 is 0 Å². The number of hydrogen-bond acceptors (Lipinski definition) is 4. The molecule has 0 bridgehead atoms. The maximum atomic E-state index is 12.0. The fourth-order valence-electron chi connectivity index (χ4n) is 2.91. The number of benzene rings is 1. The summed E-state index contributed by atoms with van der Waals surface area (Å²) in [5.74, 6) is 0.0347. The van der Waals surface area contributed by atoms with E-state index in [1.165, 1.54) is 19.3 Å². The minimum atomic E-state index is -1.19. The van der Waals surface area contributed by atoms with Crippen molar-refractivity contribution < 1.29 is 9.90 Å². The molecule has 0 heterocycles. The molecule has 1 aliphatic carbocycles. The third kappa shape index (κ3) is 5.26. The summed E-state index contributed by atoms with van der Waals surface area (Å²) in [6.07, 6.45) is 5.54. The lowest BCUT2D eigenvalue weighted by Gasteiger charge is -2.26. The fourth-order valence-corrected chi connectivity index (χ4v) is 3.30. The second-order valence-corrected chi connectivity index (χ2v) is 6.89. The van der Waals surface area contributed by atoms with Crippen LogP contribution in [0.5, 0.6) is 0 Å². The van der Waals surface area contributed by atoms with Crippen LogP contribution in [0.1, 0.15) is 38.5 Å². The number of hydrogen-bond donors (Lipinski definition) is 4. The molecule has 22 heavy (non-hydrogen) atoms. The van der Waals surface area contributed by atoms with Gasteiger partial charge in [-0.3, -0.25) is 15.6 Å². The van der Waals surface area contributed by atoms with Crippen LogP contribution in [0, 0.1) is 5.92 Å². The highest BCUT2D eigenvalue weighted by Gasteiger charge is 2.26. The third-order valence-electron chi connectivity index (χ3n) is 4.16. The number of amides is 1. The quantitative estimate of drug-likeness (QED) is 0.580. The monoisotopic (exact) mass is 369 g/mol. The first-order chi connectivity index (χ1) is 10.6. The van der Waals surface area contributed by atoms with Crippen LogP contribution in [0.4, 0.5) is 5.69 Å². The molecule has 1 fully saturated rings. The van der Waals surface area contributed by atoms with Crippen LogP contribution >= 0.6 is 15.9 Å². The summed E-state index contributed by atoms with van der Waals surface area (Å²) in [5.41, 5.74) is 12.0. The SMILES string of the molecule is N[C@H](CC1CCCCC1)C(O)C(=O)NNc1cccc(Br)c1. The van der Waals surface area contributed by atoms with E-state index in [1.807, 2.05) is 24.3 Å². The maximum Gasteiger partial charge on any atom is 0.268 e. The number of rotatable bonds is 6. The van der Waals surface area contributed by atoms with Crippen molar-refractivity contribution in [1.82, 2.24) is 5.43 Å². The number of carbonyl (C=O) groups excluding carboxylic acids is 1. The second-order valence-electron chi connectivity index (χ2n) is 5.97. The van der Waals surface area contributed by atoms with Crippen LogP contribution in [-0.2, 0) is 4.79 Å². The zero-order valence-corrected chi connectivity index (χ0v) is 14.2. The highest BCUT2D eigenvalue weighted by molar-refractivity contribution is 9.10. The van der Waals surface area contributed by atoms with Crippen molar-refractivity contribution in [3.05, 3.63) is 28.7 Å². The number of nitrogens with two attached hydrogens (primary N) is 1. The molecule has 1 unspecified atom stereocenters. The van der Waals surface area contributed by atoms with E-state index in [-0.39, 0.29) is 0 Å². The van der Waals surface area contributed by atoms with Gasteiger partial charge in [0.1, 0.15) is 6.10 Å². The predicted octanol–water partition coefficient (Wildman–Crippen LogP) is 2.55. The van der Waals surface area contributed by atoms with Crippen molar-refractivity contribution in [2.75, 3.05) is 5.43 Å². The zero-order valence-electron chi connectivity index (χ0n) is 12.6. The summed E-state index contributed by atoms with van der Waals surface area (Å²) in [7, 11) is 0. The van der Waals surface area contributed by atoms with Crippen LogP contribution in [0.2, 0.25) is 0 Å². The lowest BCUT2D eigenvalue weighted by atomic mass is 9.84. The van der Waals surface area contributed by atoms with Crippen LogP contribution in [0.3, 0.4) is 0 Å². The van der Waals surface area contributed by atoms with Gasteiger partial charge in [-0.15, -0.1) is 0 Å². The third-order valence-corrected chi connectivity index (χ3v) is 4.65. The average molecular weight is 370 g/mol. The zero-order chi connectivity index (χ0) is 15.9. The Hall–Kier alpha value is -1.11. The maximum absolute atomic E-state index is 12.0. The summed E-state index contributed by atoms with van der Waals surface area (Å²) in [6, 6.07) is 6.87. The normalized spacial score (nSPS) is 18.5. The molecular formula is C16H24BrN3O2. The lowest BCUT2D eigenvalue weighted by molar-refractivity contribution is -0.130. The summed E-state index contributed by atoms with van der Waals surface area (Å²) in [4.78, 5) is 12.0. The number of halogens is 1. The van der Waals surface area contributed by atoms with Gasteiger partial charge in [-0.25, -0.2) is 0 Å². The van der Waals surface area contributed by atoms with Crippen molar-refractivity contribution >= 4 is 27.5 Å². The molecule has 2 rings (SSSR count). The lowest BCUT2D eigenvalue weighted by Crippen LogP contribution is -2.48. The fraction of sp³-hybridized carbons (Fsp3) is 0.562. The number of aliphatic hydroxyl groups is 1. The molecule has 0 radical (unpaired) electrons. The molecule has 0 spiro atoms. The Morgan fingerprint density at radius 2 is 2.09 bits per heavy atom. The van der Waals surface area contributed by atoms with Crippen LogP contribution < -0.4 is 16.6 Å². The Morgan fingerprint density at radius 3 is 2.77 bits per heavy atom. The van der Waals surface area contributed by atoms with Gasteiger partial charge in [0.2, 0.25) is 0 Å². The molecule has 2 atom stereocenters. The molecule has 1 aromatic carbocycles. The molecule has 122 valence electrons. The van der Waals surface area contributed by atoms with E-state index < -0.39 is 18.1 Å². The predicted molar refractivity (Wildman–Crippen MR) is 91.1 cm³/mol. The first-order valence-corrected chi connectivity index (χ1v) is 8.60. The van der Waals surface area contributed by atoms with Gasteiger partial charge in [0.25, 0.3) is 5.91 Å². The topological polar surface area (TPSA) is 87.4 Å². The van der Waals surface area contributed by atoms with Crippen molar-refractivity contribution in [2.24, 2.45) is 11.7 Å². The van der Waals surface area contributed by atoms with E-state index in [2.05, 4.69) is 26.8 Å². The number of aliphatic hydroxyl groups excluding tert-OH is 1. The number of hydrazine groups is 1. The van der Waals surface area contributed by atoms with Crippen LogP contribution in [-0.4, -0.2) is 23.2 Å². The number of nitrogens with one attached hydrogen (secondary N) is 2. The van der Waals surface area contributed by atoms with Crippen molar-refractivity contribution in [3.63, 3.8) is 0 Å². The molecule has 1 saturated carbocycles. The molecule has 5 nitrogen and oxygen atoms in total. The Morgan fingerprint density at radius 1 is 1.36 bits per heavy atom. The Bertz CT molecular complexity index is 492. The second kappa shape index (κ2) is 8.50. The highest BCUT2D eigenvalue weighted by Crippen LogP contribution is 2.27. The number of carbonyl (C=O) groups is 1. The molecule has 5 N–H and O–H groups in total. The van der Waals surface area contributed by atoms with Gasteiger partial charge in [0, 0.05) is 10.5 Å². The molecule has 6 heteroatoms. The van der Waals surface area contributed by atoms with E-state index in [4.69, 9.17) is 5.73 Å². The van der Waals surface area contributed by atoms with Gasteiger partial charge in [0.15, 0.2) is 0 Å². The first kappa shape index (κ1) is 17.2. The van der Waals surface area contributed by atoms with Crippen molar-refractivity contribution in [3.8, 4) is 0 Å². The minimum Gasteiger partial charge on any atom is -0.382 e. The van der Waals surface area contributed by atoms with Gasteiger partial charge >= 0.3 is 0 Å². The van der Waals surface area contributed by atoms with Crippen molar-refractivity contribution in [2.45, 2.75) is 50.7 Å². The standard InChI is InChI=1S/C16H24BrN3O2/c17-12-7-4-8-13(10-12)19-20-16(22)15(21)14(18)9-11-5-2-1-3-6-11/h4,7-8,10-11,14-15,19,21H,1-3,5-6,9,18H2,(H,20,22)/t14-,15?/m1/s1. The molecule has 1 aromatic rings. The molecule has 1 amide bonds. The summed E-state index contributed by atoms with van der Waals surface area (Å²) in [6.45, 7) is 0. The van der Waals surface area contributed by atoms with E-state index in [0.29, 0.717) is 12.3 Å². The van der Waals surface area contributed by atoms with E-state index in [0.717, 1.165) is 23.0 Å². The van der Waals surface area contributed by atoms with Crippen molar-refractivity contribution in [1.29, 1.82) is 0 Å². The Labute approximate surface area is 139 Å². The van der Waals surface area contributed by atoms with Crippen LogP contribution in [0.15, 0.2) is 28.7 Å². The molecule has 1 aliphatic rings. The van der Waals surface area contributed by atoms with Gasteiger partial charge in [0.05, 0.1) is 5.69 Å². The Kier molecular flexibility index (Phi) is 6.67. The van der Waals surface area contributed by atoms with Gasteiger partial charge < -0.3 is 10.8 Å². The number of anilines is 1. The average Bonchev–Trinajstić information content (AvgIpc) is 2.53. The molecular weight excluding hydrogens is 346 g/mol. The molecule has 0 aromatic heterocycles. The summed E-state index contributed by atoms with van der Waals surface area (Å²) >= 11 is 3.35. The highest BCUT2D eigenvalue weighted by atomic mass is 79.9. The Balaban J connectivity index is 1.77. The van der Waals surface area contributed by atoms with Gasteiger partial charge in [-0.05, 0) is 30.5 Å². The molecule has 0 aliphatic heterocycles. The smallest absolute Gasteiger partial charge is 0.268 e. The summed E-state index contributed by atoms with van der Waals surface area (Å²) < 4.78 is 0.904. The van der Waals surface area contributed by atoms with Gasteiger partial charge in [-0.2, -0.15) is 0 Å². The summed E-state index contributed by atoms with van der Waals surface area (Å²) in [5, 5.41) is 10.1.